The number of carbonyl (C=O) groups excluding carboxylic acids is 1. The molecule has 2 aromatic rings. The molecular formula is C15H17N3O3. The Morgan fingerprint density at radius 2 is 2.43 bits per heavy atom. The van der Waals surface area contributed by atoms with Crippen molar-refractivity contribution in [2.24, 2.45) is 0 Å². The summed E-state index contributed by atoms with van der Waals surface area (Å²) in [5.41, 5.74) is 0.325. The largest absolute Gasteiger partial charge is 0.487 e. The minimum Gasteiger partial charge on any atom is -0.487 e. The maximum absolute atomic E-state index is 12.0. The van der Waals surface area contributed by atoms with Crippen LogP contribution >= 0.6 is 0 Å². The van der Waals surface area contributed by atoms with Crippen LogP contribution in [0.2, 0.25) is 0 Å². The van der Waals surface area contributed by atoms with Crippen LogP contribution in [0.25, 0.3) is 0 Å². The molecule has 1 fully saturated rings. The molecule has 2 heterocycles. The summed E-state index contributed by atoms with van der Waals surface area (Å²) in [6.07, 6.45) is 5.39. The van der Waals surface area contributed by atoms with E-state index in [4.69, 9.17) is 9.26 Å². The van der Waals surface area contributed by atoms with Crippen LogP contribution in [0.3, 0.4) is 0 Å². The van der Waals surface area contributed by atoms with Gasteiger partial charge in [-0.25, -0.2) is 0 Å². The van der Waals surface area contributed by atoms with Crippen LogP contribution in [0.1, 0.15) is 41.9 Å². The van der Waals surface area contributed by atoms with Crippen molar-refractivity contribution in [3.05, 3.63) is 42.0 Å². The smallest absolute Gasteiger partial charge is 0.273 e. The van der Waals surface area contributed by atoms with Gasteiger partial charge in [-0.1, -0.05) is 5.16 Å². The van der Waals surface area contributed by atoms with Gasteiger partial charge in [0.2, 0.25) is 0 Å². The standard InChI is InChI=1S/C15H17N3O3/c1-10(20-12-3-2-6-16-9-12)8-17-15(19)13-7-14(21-18-13)11-4-5-11/h2-3,6-7,9-11H,4-5,8H2,1H3,(H,17,19)/t10-/m0/s1. The van der Waals surface area contributed by atoms with Crippen LogP contribution in [0.4, 0.5) is 0 Å². The third-order valence-electron chi connectivity index (χ3n) is 3.26. The molecule has 1 aliphatic carbocycles. The lowest BCUT2D eigenvalue weighted by Crippen LogP contribution is -2.33. The number of nitrogens with one attached hydrogen (secondary N) is 1. The lowest BCUT2D eigenvalue weighted by atomic mass is 10.2. The molecule has 2 aromatic heterocycles. The van der Waals surface area contributed by atoms with E-state index in [0.717, 1.165) is 18.6 Å². The first-order chi connectivity index (χ1) is 10.2. The van der Waals surface area contributed by atoms with Gasteiger partial charge in [0.05, 0.1) is 12.7 Å². The van der Waals surface area contributed by atoms with Gasteiger partial charge in [0.25, 0.3) is 5.91 Å². The highest BCUT2D eigenvalue weighted by molar-refractivity contribution is 5.92. The number of carbonyl (C=O) groups is 1. The summed E-state index contributed by atoms with van der Waals surface area (Å²) < 4.78 is 10.8. The number of ether oxygens (including phenoxy) is 1. The fraction of sp³-hybridized carbons (Fsp3) is 0.400. The van der Waals surface area contributed by atoms with Gasteiger partial charge in [0.1, 0.15) is 17.6 Å². The highest BCUT2D eigenvalue weighted by Crippen LogP contribution is 2.40. The number of hydrogen-bond acceptors (Lipinski definition) is 5. The van der Waals surface area contributed by atoms with E-state index in [1.165, 1.54) is 0 Å². The predicted octanol–water partition coefficient (Wildman–Crippen LogP) is 2.14. The summed E-state index contributed by atoms with van der Waals surface area (Å²) in [7, 11) is 0. The second-order valence-electron chi connectivity index (χ2n) is 5.22. The van der Waals surface area contributed by atoms with Gasteiger partial charge in [-0.05, 0) is 31.9 Å². The van der Waals surface area contributed by atoms with Gasteiger partial charge in [-0.3, -0.25) is 9.78 Å². The number of nitrogens with zero attached hydrogens (tertiary/aromatic N) is 2. The third kappa shape index (κ3) is 3.59. The second kappa shape index (κ2) is 5.95. The molecule has 0 bridgehead atoms. The average Bonchev–Trinajstić information content (AvgIpc) is 3.23. The second-order valence-corrected chi connectivity index (χ2v) is 5.22. The monoisotopic (exact) mass is 287 g/mol. The van der Waals surface area contributed by atoms with Gasteiger partial charge in [0, 0.05) is 18.2 Å². The Morgan fingerprint density at radius 3 is 3.14 bits per heavy atom. The molecule has 1 saturated carbocycles. The molecule has 0 aromatic carbocycles. The van der Waals surface area contributed by atoms with E-state index >= 15 is 0 Å². The van der Waals surface area contributed by atoms with Gasteiger partial charge in [0.15, 0.2) is 5.69 Å². The Bertz CT molecular complexity index is 608. The summed E-state index contributed by atoms with van der Waals surface area (Å²) in [6.45, 7) is 2.27. The molecule has 110 valence electrons. The van der Waals surface area contributed by atoms with Gasteiger partial charge in [-0.2, -0.15) is 0 Å². The van der Waals surface area contributed by atoms with Crippen LogP contribution in [0.5, 0.6) is 5.75 Å². The van der Waals surface area contributed by atoms with Crippen molar-refractivity contribution < 1.29 is 14.1 Å². The average molecular weight is 287 g/mol. The molecular weight excluding hydrogens is 270 g/mol. The molecule has 0 unspecified atom stereocenters. The molecule has 0 radical (unpaired) electrons. The molecule has 6 heteroatoms. The van der Waals surface area contributed by atoms with E-state index in [0.29, 0.717) is 23.9 Å². The number of amides is 1. The van der Waals surface area contributed by atoms with E-state index in [1.54, 1.807) is 24.5 Å². The van der Waals surface area contributed by atoms with Crippen molar-refractivity contribution in [1.29, 1.82) is 0 Å². The number of hydrogen-bond donors (Lipinski definition) is 1. The first-order valence-electron chi connectivity index (χ1n) is 7.04. The molecule has 0 aliphatic heterocycles. The molecule has 1 N–H and O–H groups in total. The molecule has 0 saturated heterocycles. The summed E-state index contributed by atoms with van der Waals surface area (Å²) in [4.78, 5) is 15.9. The summed E-state index contributed by atoms with van der Waals surface area (Å²) >= 11 is 0. The van der Waals surface area contributed by atoms with Crippen LogP contribution in [-0.2, 0) is 0 Å². The topological polar surface area (TPSA) is 77.2 Å². The highest BCUT2D eigenvalue weighted by Gasteiger charge is 2.28. The van der Waals surface area contributed by atoms with Crippen LogP contribution in [0, 0.1) is 0 Å². The predicted molar refractivity (Wildman–Crippen MR) is 75.1 cm³/mol. The maximum atomic E-state index is 12.0. The first kappa shape index (κ1) is 13.6. The van der Waals surface area contributed by atoms with Crippen molar-refractivity contribution >= 4 is 5.91 Å². The quantitative estimate of drug-likeness (QED) is 0.880. The van der Waals surface area contributed by atoms with E-state index in [-0.39, 0.29) is 12.0 Å². The van der Waals surface area contributed by atoms with Gasteiger partial charge in [-0.15, -0.1) is 0 Å². The Kier molecular flexibility index (Phi) is 3.85. The Balaban J connectivity index is 1.48. The molecule has 0 spiro atoms. The van der Waals surface area contributed by atoms with Crippen molar-refractivity contribution in [3.8, 4) is 5.75 Å². The molecule has 1 atom stereocenters. The fourth-order valence-corrected chi connectivity index (χ4v) is 1.97. The van der Waals surface area contributed by atoms with Crippen molar-refractivity contribution in [2.45, 2.75) is 31.8 Å². The number of rotatable bonds is 6. The molecule has 21 heavy (non-hydrogen) atoms. The Labute approximate surface area is 122 Å². The first-order valence-corrected chi connectivity index (χ1v) is 7.04. The molecule has 6 nitrogen and oxygen atoms in total. The summed E-state index contributed by atoms with van der Waals surface area (Å²) in [6, 6.07) is 5.35. The van der Waals surface area contributed by atoms with Crippen molar-refractivity contribution in [2.75, 3.05) is 6.54 Å². The molecule has 1 aliphatic rings. The molecule has 3 rings (SSSR count). The van der Waals surface area contributed by atoms with E-state index in [9.17, 15) is 4.79 Å². The maximum Gasteiger partial charge on any atom is 0.273 e. The lowest BCUT2D eigenvalue weighted by Gasteiger charge is -2.14. The molecule has 1 amide bonds. The minimum absolute atomic E-state index is 0.159. The van der Waals surface area contributed by atoms with E-state index in [2.05, 4.69) is 15.5 Å². The normalized spacial score (nSPS) is 15.5. The van der Waals surface area contributed by atoms with Crippen LogP contribution < -0.4 is 10.1 Å². The van der Waals surface area contributed by atoms with E-state index < -0.39 is 0 Å². The van der Waals surface area contributed by atoms with Gasteiger partial charge < -0.3 is 14.6 Å². The highest BCUT2D eigenvalue weighted by atomic mass is 16.5. The fourth-order valence-electron chi connectivity index (χ4n) is 1.97. The Hall–Kier alpha value is -2.37. The van der Waals surface area contributed by atoms with Crippen LogP contribution in [-0.4, -0.2) is 28.7 Å². The Morgan fingerprint density at radius 1 is 1.57 bits per heavy atom. The van der Waals surface area contributed by atoms with Crippen molar-refractivity contribution in [3.63, 3.8) is 0 Å². The summed E-state index contributed by atoms with van der Waals surface area (Å²) in [5.74, 6) is 1.69. The minimum atomic E-state index is -0.243. The van der Waals surface area contributed by atoms with Gasteiger partial charge >= 0.3 is 0 Å². The van der Waals surface area contributed by atoms with Crippen LogP contribution in [0.15, 0.2) is 35.1 Å². The van der Waals surface area contributed by atoms with Crippen molar-refractivity contribution in [1.82, 2.24) is 15.5 Å². The van der Waals surface area contributed by atoms with E-state index in [1.807, 2.05) is 13.0 Å². The summed E-state index contributed by atoms with van der Waals surface area (Å²) in [5, 5.41) is 6.59. The zero-order chi connectivity index (χ0) is 14.7. The lowest BCUT2D eigenvalue weighted by molar-refractivity contribution is 0.0923. The SMILES string of the molecule is C[C@@H](CNC(=O)c1cc(C2CC2)on1)Oc1cccnc1. The number of aromatic nitrogens is 2. The third-order valence-corrected chi connectivity index (χ3v) is 3.26. The number of pyridine rings is 1. The zero-order valence-corrected chi connectivity index (χ0v) is 11.8. The zero-order valence-electron chi connectivity index (χ0n) is 11.8.